The molecule has 0 radical (unpaired) electrons. The number of hydrogen-bond acceptors (Lipinski definition) is 13. The number of esters is 2. The third kappa shape index (κ3) is 7.18. The Morgan fingerprint density at radius 2 is 1.26 bits per heavy atom. The highest BCUT2D eigenvalue weighted by atomic mass is 16.8. The van der Waals surface area contributed by atoms with E-state index >= 15 is 0 Å². The SMILES string of the molecule is C=CCO[C@H]1O[C@@H]2COC(c3ccccc3)O[C@H]2[C@H](O[C@@H]2O[C@@H]3COC(c4ccccc4)O[C@H]3[C@H](OC(C)=O)[C@H]2OC(C)=O)[C@H]1O. The largest absolute Gasteiger partial charge is 0.455 e. The number of rotatable bonds is 9. The maximum Gasteiger partial charge on any atom is 0.303 e. The van der Waals surface area contributed by atoms with Gasteiger partial charge < -0.3 is 52.5 Å². The fourth-order valence-corrected chi connectivity index (χ4v) is 6.03. The van der Waals surface area contributed by atoms with Crippen LogP contribution in [0, 0.1) is 0 Å². The van der Waals surface area contributed by atoms with E-state index in [1.165, 1.54) is 19.9 Å². The fraction of sp³-hybridized carbons (Fsp3) is 0.515. The van der Waals surface area contributed by atoms with Crippen molar-refractivity contribution in [2.45, 2.75) is 87.8 Å². The minimum atomic E-state index is -1.39. The van der Waals surface area contributed by atoms with Crippen LogP contribution in [0.5, 0.6) is 0 Å². The third-order valence-electron chi connectivity index (χ3n) is 8.01. The molecule has 0 saturated carbocycles. The molecule has 4 heterocycles. The van der Waals surface area contributed by atoms with Crippen molar-refractivity contribution in [1.82, 2.24) is 0 Å². The predicted molar refractivity (Wildman–Crippen MR) is 155 cm³/mol. The van der Waals surface area contributed by atoms with E-state index in [-0.39, 0.29) is 19.8 Å². The molecule has 0 spiro atoms. The number of carbonyl (C=O) groups excluding carboxylic acids is 2. The number of carbonyl (C=O) groups is 2. The average Bonchev–Trinajstić information content (AvgIpc) is 3.06. The van der Waals surface area contributed by atoms with Crippen molar-refractivity contribution in [2.24, 2.45) is 0 Å². The van der Waals surface area contributed by atoms with Gasteiger partial charge >= 0.3 is 11.9 Å². The monoisotopic (exact) mass is 642 g/mol. The van der Waals surface area contributed by atoms with Gasteiger partial charge in [0.05, 0.1) is 19.8 Å². The first kappa shape index (κ1) is 32.7. The molecule has 248 valence electrons. The molecule has 46 heavy (non-hydrogen) atoms. The second-order valence-electron chi connectivity index (χ2n) is 11.3. The number of ether oxygens (including phenoxy) is 10. The molecule has 12 atom stereocenters. The highest BCUT2D eigenvalue weighted by Gasteiger charge is 2.57. The van der Waals surface area contributed by atoms with Crippen molar-refractivity contribution in [3.8, 4) is 0 Å². The van der Waals surface area contributed by atoms with Crippen molar-refractivity contribution in [1.29, 1.82) is 0 Å². The minimum absolute atomic E-state index is 0.0442. The van der Waals surface area contributed by atoms with Crippen LogP contribution in [0.2, 0.25) is 0 Å². The summed E-state index contributed by atoms with van der Waals surface area (Å²) in [6.45, 7) is 6.36. The van der Waals surface area contributed by atoms with E-state index in [9.17, 15) is 14.7 Å². The Kier molecular flexibility index (Phi) is 10.4. The van der Waals surface area contributed by atoms with Crippen molar-refractivity contribution in [2.75, 3.05) is 19.8 Å². The Bertz CT molecular complexity index is 1330. The Morgan fingerprint density at radius 3 is 1.78 bits per heavy atom. The third-order valence-corrected chi connectivity index (χ3v) is 8.01. The summed E-state index contributed by atoms with van der Waals surface area (Å²) in [5, 5.41) is 11.5. The molecular formula is C33H38O13. The van der Waals surface area contributed by atoms with Gasteiger partial charge in [0.15, 0.2) is 37.4 Å². The standard InChI is InChI=1S/C33H38O13/c1-4-15-37-32-24(36)27(25-22(42-32)16-38-30(44-25)20-11-7-5-8-12-20)46-33-29(41-19(3)35)28(40-18(2)34)26-23(43-33)17-39-31(45-26)21-13-9-6-10-14-21/h4-14,22-33,36H,1,15-17H2,2-3H3/t22-,23-,24-,25-,26-,27-,28+,29-,30?,31?,32+,33+/m1/s1. The molecule has 0 bridgehead atoms. The predicted octanol–water partition coefficient (Wildman–Crippen LogP) is 2.48. The molecule has 13 heteroatoms. The number of fused-ring (bicyclic) bond motifs is 2. The van der Waals surface area contributed by atoms with Gasteiger partial charge in [-0.2, -0.15) is 0 Å². The topological polar surface area (TPSA) is 147 Å². The minimum Gasteiger partial charge on any atom is -0.455 e. The van der Waals surface area contributed by atoms with Gasteiger partial charge in [-0.1, -0.05) is 66.7 Å². The second kappa shape index (κ2) is 14.7. The zero-order valence-electron chi connectivity index (χ0n) is 25.5. The first-order valence-electron chi connectivity index (χ1n) is 15.2. The molecule has 4 fully saturated rings. The first-order chi connectivity index (χ1) is 22.3. The lowest BCUT2D eigenvalue weighted by molar-refractivity contribution is -0.404. The molecule has 2 aromatic rings. The van der Waals surface area contributed by atoms with Gasteiger partial charge in [-0.25, -0.2) is 0 Å². The molecule has 4 aliphatic rings. The summed E-state index contributed by atoms with van der Waals surface area (Å²) in [4.78, 5) is 24.8. The van der Waals surface area contributed by atoms with Crippen LogP contribution < -0.4 is 0 Å². The van der Waals surface area contributed by atoms with Crippen LogP contribution in [0.1, 0.15) is 37.6 Å². The average molecular weight is 643 g/mol. The van der Waals surface area contributed by atoms with E-state index in [0.29, 0.717) is 0 Å². The second-order valence-corrected chi connectivity index (χ2v) is 11.3. The van der Waals surface area contributed by atoms with Crippen LogP contribution in [0.3, 0.4) is 0 Å². The van der Waals surface area contributed by atoms with E-state index in [0.717, 1.165) is 11.1 Å². The summed E-state index contributed by atoms with van der Waals surface area (Å²) in [5.74, 6) is -1.30. The smallest absolute Gasteiger partial charge is 0.303 e. The maximum atomic E-state index is 12.4. The number of hydrogen-bond donors (Lipinski definition) is 1. The zero-order chi connectivity index (χ0) is 32.2. The number of benzene rings is 2. The molecule has 6 rings (SSSR count). The Morgan fingerprint density at radius 1 is 0.761 bits per heavy atom. The first-order valence-corrected chi connectivity index (χ1v) is 15.2. The van der Waals surface area contributed by atoms with Crippen molar-refractivity contribution < 1.29 is 62.1 Å². The lowest BCUT2D eigenvalue weighted by atomic mass is 9.95. The van der Waals surface area contributed by atoms with Crippen LogP contribution in [-0.2, 0) is 57.0 Å². The molecule has 2 unspecified atom stereocenters. The Labute approximate surface area is 266 Å². The number of aliphatic hydroxyl groups excluding tert-OH is 1. The van der Waals surface area contributed by atoms with E-state index in [4.69, 9.17) is 47.4 Å². The normalized spacial score (nSPS) is 37.3. The summed E-state index contributed by atoms with van der Waals surface area (Å²) in [6.07, 6.45) is -10.7. The molecule has 2 aromatic carbocycles. The van der Waals surface area contributed by atoms with Crippen LogP contribution in [0.4, 0.5) is 0 Å². The molecule has 1 N–H and O–H groups in total. The molecule has 0 aromatic heterocycles. The summed E-state index contributed by atoms with van der Waals surface area (Å²) in [5.41, 5.74) is 1.50. The summed E-state index contributed by atoms with van der Waals surface area (Å²) in [7, 11) is 0. The van der Waals surface area contributed by atoms with Gasteiger partial charge in [0.1, 0.15) is 36.6 Å². The van der Waals surface area contributed by atoms with E-state index < -0.39 is 85.9 Å². The van der Waals surface area contributed by atoms with Gasteiger partial charge in [-0.3, -0.25) is 9.59 Å². The van der Waals surface area contributed by atoms with Gasteiger partial charge in [-0.15, -0.1) is 6.58 Å². The maximum absolute atomic E-state index is 12.4. The van der Waals surface area contributed by atoms with Crippen molar-refractivity contribution in [3.63, 3.8) is 0 Å². The number of aliphatic hydroxyl groups is 1. The quantitative estimate of drug-likeness (QED) is 0.316. The highest BCUT2D eigenvalue weighted by molar-refractivity contribution is 5.67. The Hall–Kier alpha value is -3.24. The van der Waals surface area contributed by atoms with E-state index in [1.807, 2.05) is 60.7 Å². The van der Waals surface area contributed by atoms with Crippen molar-refractivity contribution >= 4 is 11.9 Å². The fourth-order valence-electron chi connectivity index (χ4n) is 6.03. The molecule has 4 aliphatic heterocycles. The molecule has 0 amide bonds. The lowest BCUT2D eigenvalue weighted by Gasteiger charge is -2.51. The van der Waals surface area contributed by atoms with E-state index in [2.05, 4.69) is 6.58 Å². The van der Waals surface area contributed by atoms with Crippen LogP contribution in [0.15, 0.2) is 73.3 Å². The van der Waals surface area contributed by atoms with Crippen LogP contribution >= 0.6 is 0 Å². The molecule has 0 aliphatic carbocycles. The van der Waals surface area contributed by atoms with Gasteiger partial charge in [0.2, 0.25) is 0 Å². The van der Waals surface area contributed by atoms with Crippen LogP contribution in [0.25, 0.3) is 0 Å². The lowest BCUT2D eigenvalue weighted by Crippen LogP contribution is -2.68. The summed E-state index contributed by atoms with van der Waals surface area (Å²) >= 11 is 0. The molecule has 4 saturated heterocycles. The van der Waals surface area contributed by atoms with E-state index in [1.54, 1.807) is 0 Å². The molecular weight excluding hydrogens is 604 g/mol. The highest BCUT2D eigenvalue weighted by Crippen LogP contribution is 2.40. The van der Waals surface area contributed by atoms with Gasteiger partial charge in [0, 0.05) is 25.0 Å². The van der Waals surface area contributed by atoms with Crippen LogP contribution in [-0.4, -0.2) is 98.3 Å². The summed E-state index contributed by atoms with van der Waals surface area (Å²) in [6, 6.07) is 18.5. The molecule has 13 nitrogen and oxygen atoms in total. The Balaban J connectivity index is 1.29. The summed E-state index contributed by atoms with van der Waals surface area (Å²) < 4.78 is 60.5. The van der Waals surface area contributed by atoms with Gasteiger partial charge in [0.25, 0.3) is 0 Å². The van der Waals surface area contributed by atoms with Gasteiger partial charge in [-0.05, 0) is 0 Å². The van der Waals surface area contributed by atoms with Crippen molar-refractivity contribution in [3.05, 3.63) is 84.4 Å². The zero-order valence-corrected chi connectivity index (χ0v) is 25.5.